The number of methoxy groups -OCH3 is 2. The maximum atomic E-state index is 13.3. The fraction of sp³-hybridized carbons (Fsp3) is 0.167. The van der Waals surface area contributed by atoms with Crippen LogP contribution < -0.4 is 31.0 Å². The Kier molecular flexibility index (Phi) is 13.7. The minimum absolute atomic E-state index is 0.00510. The monoisotopic (exact) mass is 880 g/mol. The number of carbonyl (C=O) groups excluding carboxylic acids is 6. The molecule has 0 saturated carbocycles. The minimum atomic E-state index is -1.04. The average Bonchev–Trinajstić information content (AvgIpc) is 3.26. The zero-order chi connectivity index (χ0) is 47.1. The van der Waals surface area contributed by atoms with E-state index in [0.717, 1.165) is 0 Å². The van der Waals surface area contributed by atoms with Crippen LogP contribution in [0.1, 0.15) is 82.7 Å². The highest BCUT2D eigenvalue weighted by Crippen LogP contribution is 2.41. The van der Waals surface area contributed by atoms with Gasteiger partial charge in [-0.15, -0.1) is 0 Å². The van der Waals surface area contributed by atoms with Crippen molar-refractivity contribution in [3.63, 3.8) is 0 Å². The van der Waals surface area contributed by atoms with E-state index in [0.29, 0.717) is 16.5 Å². The van der Waals surface area contributed by atoms with Crippen LogP contribution in [0.15, 0.2) is 100 Å². The van der Waals surface area contributed by atoms with Crippen LogP contribution in [0, 0.1) is 24.2 Å². The van der Waals surface area contributed by atoms with Crippen LogP contribution in [0.5, 0.6) is 28.7 Å². The van der Waals surface area contributed by atoms with Gasteiger partial charge in [0.05, 0.1) is 48.7 Å². The smallest absolute Gasteiger partial charge is 0.347 e. The molecule has 1 atom stereocenters. The summed E-state index contributed by atoms with van der Waals surface area (Å²) in [5.74, 6) is -6.11. The van der Waals surface area contributed by atoms with Crippen molar-refractivity contribution in [3.05, 3.63) is 140 Å². The number of nitrogens with one attached hydrogen (secondary N) is 3. The van der Waals surface area contributed by atoms with E-state index in [9.17, 15) is 54.1 Å². The first-order valence-corrected chi connectivity index (χ1v) is 19.7. The van der Waals surface area contributed by atoms with Gasteiger partial charge in [-0.2, -0.15) is 5.26 Å². The van der Waals surface area contributed by atoms with Gasteiger partial charge in [-0.05, 0) is 85.6 Å². The summed E-state index contributed by atoms with van der Waals surface area (Å²) in [6.07, 6.45) is -0.758. The number of phenols is 3. The van der Waals surface area contributed by atoms with Crippen LogP contribution in [0.2, 0.25) is 0 Å². The topological polar surface area (TPSA) is 272 Å². The number of ether oxygens (including phenoxy) is 2. The van der Waals surface area contributed by atoms with Gasteiger partial charge in [-0.3, -0.25) is 28.8 Å². The molecule has 330 valence electrons. The average molecular weight is 881 g/mol. The lowest BCUT2D eigenvalue weighted by Gasteiger charge is -2.16. The van der Waals surface area contributed by atoms with E-state index in [1.165, 1.54) is 93.9 Å². The van der Waals surface area contributed by atoms with E-state index < -0.39 is 58.1 Å². The first-order valence-electron chi connectivity index (χ1n) is 19.7. The highest BCUT2D eigenvalue weighted by atomic mass is 16.5. The van der Waals surface area contributed by atoms with Crippen molar-refractivity contribution >= 4 is 63.1 Å². The third-order valence-corrected chi connectivity index (χ3v) is 10.4. The Morgan fingerprint density at radius 1 is 0.723 bits per heavy atom. The molecule has 5 aromatic carbocycles. The summed E-state index contributed by atoms with van der Waals surface area (Å²) < 4.78 is 15.8. The summed E-state index contributed by atoms with van der Waals surface area (Å²) in [6, 6.07) is 23.1. The summed E-state index contributed by atoms with van der Waals surface area (Å²) in [4.78, 5) is 90.7. The number of hydrogen-bond donors (Lipinski definition) is 6. The van der Waals surface area contributed by atoms with Gasteiger partial charge in [0.25, 0.3) is 11.8 Å². The van der Waals surface area contributed by atoms with Crippen molar-refractivity contribution in [2.75, 3.05) is 30.2 Å². The predicted molar refractivity (Wildman–Crippen MR) is 236 cm³/mol. The Bertz CT molecular complexity index is 3010. The van der Waals surface area contributed by atoms with Crippen molar-refractivity contribution in [1.82, 2.24) is 0 Å². The molecule has 1 heterocycles. The van der Waals surface area contributed by atoms with Gasteiger partial charge in [0.1, 0.15) is 16.9 Å². The number of Topliss-reactive ketones (excluding diaryl/α,β-unsaturated/α-hetero) is 3. The predicted octanol–water partition coefficient (Wildman–Crippen LogP) is 7.11. The molecule has 0 aliphatic carbocycles. The van der Waals surface area contributed by atoms with E-state index in [-0.39, 0.29) is 87.0 Å². The number of carbonyl (C=O) groups is 6. The number of aromatic hydroxyl groups is 3. The van der Waals surface area contributed by atoms with Gasteiger partial charge in [0.2, 0.25) is 5.91 Å². The third-order valence-electron chi connectivity index (χ3n) is 10.4. The lowest BCUT2D eigenvalue weighted by molar-refractivity contribution is -0.119. The molecule has 17 nitrogen and oxygen atoms in total. The van der Waals surface area contributed by atoms with Crippen LogP contribution in [-0.2, 0) is 11.2 Å². The minimum Gasteiger partial charge on any atom is -0.508 e. The number of ketones is 3. The van der Waals surface area contributed by atoms with E-state index in [1.807, 2.05) is 6.07 Å². The highest BCUT2D eigenvalue weighted by Gasteiger charge is 2.26. The third kappa shape index (κ3) is 9.97. The number of nitrogens with zero attached hydrogens (tertiary/aromatic N) is 1. The van der Waals surface area contributed by atoms with E-state index in [4.69, 9.17) is 13.9 Å². The fourth-order valence-corrected chi connectivity index (χ4v) is 7.01. The van der Waals surface area contributed by atoms with Crippen LogP contribution in [0.4, 0.5) is 17.1 Å². The summed E-state index contributed by atoms with van der Waals surface area (Å²) in [5.41, 5.74) is 0.455. The Hall–Kier alpha value is -8.78. The Morgan fingerprint density at radius 3 is 1.91 bits per heavy atom. The normalized spacial score (nSPS) is 11.2. The molecule has 17 heteroatoms. The number of nitriles is 1. The number of benzene rings is 5. The van der Waals surface area contributed by atoms with Gasteiger partial charge in [0, 0.05) is 47.5 Å². The SMILES string of the molecule is COc1c(NC(=O)c2ccc(NC(=O)c3ccc(NC(=O)[C@H](CC#N)CC(=O)c4ccc(CC(=O)c5c(C)c6ccc(O)cc6oc5=O)cc4)cc3)c(OC)c2O)ccc(C(C)=O)c1O. The quantitative estimate of drug-likeness (QED) is 0.0418. The van der Waals surface area contributed by atoms with Gasteiger partial charge >= 0.3 is 5.63 Å². The summed E-state index contributed by atoms with van der Waals surface area (Å²) in [5, 5.41) is 48.9. The lowest BCUT2D eigenvalue weighted by atomic mass is 9.93. The second-order valence-corrected chi connectivity index (χ2v) is 14.7. The number of amides is 3. The van der Waals surface area contributed by atoms with Crippen molar-refractivity contribution < 1.29 is 58.0 Å². The van der Waals surface area contributed by atoms with Gasteiger partial charge in [-0.1, -0.05) is 24.3 Å². The molecule has 0 saturated heterocycles. The summed E-state index contributed by atoms with van der Waals surface area (Å²) in [7, 11) is 2.45. The van der Waals surface area contributed by atoms with E-state index in [2.05, 4.69) is 16.0 Å². The molecule has 6 aromatic rings. The molecule has 0 aliphatic heterocycles. The van der Waals surface area contributed by atoms with Crippen LogP contribution in [0.3, 0.4) is 0 Å². The fourth-order valence-electron chi connectivity index (χ4n) is 7.01. The molecular weight excluding hydrogens is 841 g/mol. The second kappa shape index (κ2) is 19.5. The first kappa shape index (κ1) is 45.7. The van der Waals surface area contributed by atoms with Crippen molar-refractivity contribution in [2.24, 2.45) is 5.92 Å². The largest absolute Gasteiger partial charge is 0.508 e. The number of aryl methyl sites for hydroxylation is 1. The van der Waals surface area contributed by atoms with Crippen molar-refractivity contribution in [3.8, 4) is 34.8 Å². The zero-order valence-corrected chi connectivity index (χ0v) is 35.2. The highest BCUT2D eigenvalue weighted by molar-refractivity contribution is 6.11. The molecule has 0 radical (unpaired) electrons. The summed E-state index contributed by atoms with van der Waals surface area (Å²) in [6.45, 7) is 2.87. The number of fused-ring (bicyclic) bond motifs is 1. The van der Waals surface area contributed by atoms with Crippen LogP contribution >= 0.6 is 0 Å². The van der Waals surface area contributed by atoms with Crippen LogP contribution in [-0.4, -0.2) is 64.6 Å². The molecule has 6 rings (SSSR count). The Balaban J connectivity index is 1.06. The molecule has 6 N–H and O–H groups in total. The van der Waals surface area contributed by atoms with E-state index >= 15 is 0 Å². The Morgan fingerprint density at radius 2 is 1.31 bits per heavy atom. The molecule has 65 heavy (non-hydrogen) atoms. The maximum Gasteiger partial charge on any atom is 0.347 e. The van der Waals surface area contributed by atoms with Crippen LogP contribution in [0.25, 0.3) is 11.0 Å². The number of anilines is 3. The van der Waals surface area contributed by atoms with Gasteiger partial charge in [-0.25, -0.2) is 4.79 Å². The number of phenolic OH excluding ortho intramolecular Hbond substituents is 3. The molecule has 0 spiro atoms. The second-order valence-electron chi connectivity index (χ2n) is 14.7. The molecule has 0 unspecified atom stereocenters. The number of hydrogen-bond acceptors (Lipinski definition) is 14. The molecular formula is C48H40N4O13. The van der Waals surface area contributed by atoms with E-state index in [1.54, 1.807) is 25.1 Å². The van der Waals surface area contributed by atoms with Gasteiger partial charge < -0.3 is 45.2 Å². The standard InChI is InChI=1S/C48H40N4O13/c1-24-32-14-13-31(54)23-39(32)65-48(62)40(24)38(56)21-26-5-7-27(8-6-26)37(55)22-29(19-20-49)46(60)50-30-11-9-28(10-12-30)45(59)51-35-18-16-34(42(58)44(35)64-4)47(61)52-36-17-15-33(25(2)53)41(57)43(36)63-3/h5-18,23,29,54,57-58H,19,21-22H2,1-4H3,(H,50,60)(H,51,59)(H,52,61)/t29-/m1/s1. The lowest BCUT2D eigenvalue weighted by Crippen LogP contribution is -2.25. The van der Waals surface area contributed by atoms with Gasteiger partial charge in [0.15, 0.2) is 40.3 Å². The number of rotatable bonds is 16. The maximum absolute atomic E-state index is 13.3. The van der Waals surface area contributed by atoms with Crippen molar-refractivity contribution in [1.29, 1.82) is 5.26 Å². The molecule has 0 aliphatic rings. The summed E-state index contributed by atoms with van der Waals surface area (Å²) >= 11 is 0. The molecule has 0 bridgehead atoms. The molecule has 1 aromatic heterocycles. The molecule has 0 fully saturated rings. The Labute approximate surface area is 369 Å². The molecule has 3 amide bonds. The van der Waals surface area contributed by atoms with Crippen molar-refractivity contribution in [2.45, 2.75) is 33.1 Å². The first-order chi connectivity index (χ1) is 31.0. The zero-order valence-electron chi connectivity index (χ0n) is 35.2.